The number of furan rings is 1. The van der Waals surface area contributed by atoms with Crippen LogP contribution in [0, 0.1) is 10.1 Å². The summed E-state index contributed by atoms with van der Waals surface area (Å²) in [5.41, 5.74) is 4.28. The van der Waals surface area contributed by atoms with E-state index in [1.807, 2.05) is 60.0 Å². The number of hydrogen-bond donors (Lipinski definition) is 1. The highest BCUT2D eigenvalue weighted by Crippen LogP contribution is 2.33. The van der Waals surface area contributed by atoms with Crippen LogP contribution in [0.5, 0.6) is 0 Å². The molecule has 0 aliphatic rings. The lowest BCUT2D eigenvalue weighted by Crippen LogP contribution is -2.16. The number of rotatable bonds is 8. The summed E-state index contributed by atoms with van der Waals surface area (Å²) in [6, 6.07) is 23.0. The van der Waals surface area contributed by atoms with Crippen LogP contribution in [0.4, 0.5) is 5.69 Å². The molecule has 10 nitrogen and oxygen atoms in total. The third-order valence-corrected chi connectivity index (χ3v) is 6.57. The van der Waals surface area contributed by atoms with Gasteiger partial charge in [0, 0.05) is 40.1 Å². The number of fused-ring (bicyclic) bond motifs is 1. The molecule has 0 atom stereocenters. The van der Waals surface area contributed by atoms with Crippen LogP contribution < -0.4 is 5.43 Å². The first-order valence-corrected chi connectivity index (χ1v) is 12.1. The molecule has 0 radical (unpaired) electrons. The molecule has 1 amide bonds. The number of amides is 1. The third kappa shape index (κ3) is 5.11. The number of nitrogens with zero attached hydrogens (tertiary/aromatic N) is 5. The van der Waals surface area contributed by atoms with Crippen molar-refractivity contribution in [3.63, 3.8) is 0 Å². The minimum Gasteiger partial charge on any atom is -0.451 e. The van der Waals surface area contributed by atoms with Crippen molar-refractivity contribution in [2.75, 3.05) is 0 Å². The van der Waals surface area contributed by atoms with E-state index in [1.54, 1.807) is 18.2 Å². The lowest BCUT2D eigenvalue weighted by molar-refractivity contribution is -0.384. The molecular formula is C26H20N6O4S. The molecule has 184 valence electrons. The van der Waals surface area contributed by atoms with Crippen LogP contribution in [-0.4, -0.2) is 31.8 Å². The van der Waals surface area contributed by atoms with Gasteiger partial charge >= 0.3 is 5.91 Å². The number of aromatic nitrogens is 3. The number of nitrogens with one attached hydrogen (secondary N) is 1. The monoisotopic (exact) mass is 512 g/mol. The van der Waals surface area contributed by atoms with E-state index in [4.69, 9.17) is 4.42 Å². The zero-order valence-corrected chi connectivity index (χ0v) is 20.4. The van der Waals surface area contributed by atoms with Gasteiger partial charge in [0.2, 0.25) is 0 Å². The molecule has 2 aromatic heterocycles. The Morgan fingerprint density at radius 1 is 1.11 bits per heavy atom. The summed E-state index contributed by atoms with van der Waals surface area (Å²) in [4.78, 5) is 24.1. The fourth-order valence-electron chi connectivity index (χ4n) is 3.70. The second kappa shape index (κ2) is 10.5. The Morgan fingerprint density at radius 3 is 2.65 bits per heavy atom. The fraction of sp³-hybridized carbons (Fsp3) is 0.0769. The van der Waals surface area contributed by atoms with Gasteiger partial charge in [0.15, 0.2) is 16.7 Å². The molecular weight excluding hydrogens is 492 g/mol. The van der Waals surface area contributed by atoms with Gasteiger partial charge in [-0.2, -0.15) is 5.10 Å². The Bertz CT molecular complexity index is 1590. The molecule has 37 heavy (non-hydrogen) atoms. The molecule has 2 heterocycles. The zero-order chi connectivity index (χ0) is 25.8. The average Bonchev–Trinajstić information content (AvgIpc) is 3.54. The Kier molecular flexibility index (Phi) is 6.77. The number of benzene rings is 3. The first kappa shape index (κ1) is 23.9. The first-order chi connectivity index (χ1) is 18.0. The summed E-state index contributed by atoms with van der Waals surface area (Å²) in [6.45, 7) is 2.62. The van der Waals surface area contributed by atoms with Crippen molar-refractivity contribution < 1.29 is 14.1 Å². The van der Waals surface area contributed by atoms with Crippen molar-refractivity contribution in [2.24, 2.45) is 5.10 Å². The number of nitro groups is 1. The molecule has 11 heteroatoms. The van der Waals surface area contributed by atoms with Gasteiger partial charge in [0.25, 0.3) is 5.69 Å². The molecule has 1 N–H and O–H groups in total. The maximum atomic E-state index is 12.5. The first-order valence-electron chi connectivity index (χ1n) is 11.3. The van der Waals surface area contributed by atoms with Crippen molar-refractivity contribution in [2.45, 2.75) is 23.5 Å². The van der Waals surface area contributed by atoms with Gasteiger partial charge in [0.05, 0.1) is 11.1 Å². The minimum atomic E-state index is -0.537. The number of hydrazone groups is 1. The van der Waals surface area contributed by atoms with Gasteiger partial charge < -0.3 is 8.98 Å². The molecule has 0 unspecified atom stereocenters. The molecule has 0 aliphatic heterocycles. The fourth-order valence-corrected chi connectivity index (χ4v) is 4.67. The molecule has 0 bridgehead atoms. The second-order valence-corrected chi connectivity index (χ2v) is 8.85. The lowest BCUT2D eigenvalue weighted by Gasteiger charge is -2.09. The number of carbonyl (C=O) groups is 1. The van der Waals surface area contributed by atoms with Crippen molar-refractivity contribution in [3.05, 3.63) is 100 Å². The highest BCUT2D eigenvalue weighted by atomic mass is 32.2. The van der Waals surface area contributed by atoms with Gasteiger partial charge in [-0.05, 0) is 36.9 Å². The van der Waals surface area contributed by atoms with Crippen LogP contribution in [-0.2, 0) is 6.54 Å². The highest BCUT2D eigenvalue weighted by Gasteiger charge is 2.17. The number of para-hydroxylation sites is 1. The predicted molar refractivity (Wildman–Crippen MR) is 140 cm³/mol. The Morgan fingerprint density at radius 2 is 1.89 bits per heavy atom. The van der Waals surface area contributed by atoms with E-state index in [0.29, 0.717) is 27.7 Å². The van der Waals surface area contributed by atoms with Crippen molar-refractivity contribution >= 4 is 40.5 Å². The largest absolute Gasteiger partial charge is 0.451 e. The zero-order valence-electron chi connectivity index (χ0n) is 19.6. The molecule has 0 aliphatic carbocycles. The minimum absolute atomic E-state index is 0.101. The SMILES string of the molecule is CCn1c(Sc2ccc([N+](=O)[O-])cc2/C=N/NC(=O)c2cc3ccccc3o2)nnc1-c1ccccc1. The van der Waals surface area contributed by atoms with Crippen LogP contribution in [0.2, 0.25) is 0 Å². The summed E-state index contributed by atoms with van der Waals surface area (Å²) in [5, 5.41) is 25.5. The summed E-state index contributed by atoms with van der Waals surface area (Å²) in [6.07, 6.45) is 1.36. The number of nitro benzene ring substituents is 1. The van der Waals surface area contributed by atoms with Crippen LogP contribution in [0.15, 0.2) is 98.4 Å². The van der Waals surface area contributed by atoms with Crippen molar-refractivity contribution in [3.8, 4) is 11.4 Å². The predicted octanol–water partition coefficient (Wildman–Crippen LogP) is 5.53. The van der Waals surface area contributed by atoms with Gasteiger partial charge in [-0.25, -0.2) is 5.43 Å². The summed E-state index contributed by atoms with van der Waals surface area (Å²) >= 11 is 1.30. The van der Waals surface area contributed by atoms with E-state index in [-0.39, 0.29) is 11.4 Å². The molecule has 0 saturated carbocycles. The molecule has 0 saturated heterocycles. The van der Waals surface area contributed by atoms with E-state index in [0.717, 1.165) is 16.8 Å². The third-order valence-electron chi connectivity index (χ3n) is 5.49. The summed E-state index contributed by atoms with van der Waals surface area (Å²) in [5.74, 6) is 0.294. The van der Waals surface area contributed by atoms with E-state index in [1.165, 1.54) is 30.1 Å². The smallest absolute Gasteiger partial charge is 0.307 e. The topological polar surface area (TPSA) is 128 Å². The lowest BCUT2D eigenvalue weighted by atomic mass is 10.2. The molecule has 5 aromatic rings. The second-order valence-electron chi connectivity index (χ2n) is 7.85. The standard InChI is InChI=1S/C26H20N6O4S/c1-2-31-24(17-8-4-3-5-9-17)28-30-26(31)37-23-13-12-20(32(34)35)14-19(23)16-27-29-25(33)22-15-18-10-6-7-11-21(18)36-22/h3-16H,2H2,1H3,(H,29,33)/b27-16+. The summed E-state index contributed by atoms with van der Waals surface area (Å²) < 4.78 is 7.52. The van der Waals surface area contributed by atoms with Gasteiger partial charge in [-0.3, -0.25) is 14.9 Å². The van der Waals surface area contributed by atoms with E-state index in [2.05, 4.69) is 20.7 Å². The van der Waals surface area contributed by atoms with Gasteiger partial charge in [-0.1, -0.05) is 48.5 Å². The van der Waals surface area contributed by atoms with E-state index >= 15 is 0 Å². The van der Waals surface area contributed by atoms with Gasteiger partial charge in [-0.15, -0.1) is 10.2 Å². The Balaban J connectivity index is 1.41. The van der Waals surface area contributed by atoms with Gasteiger partial charge in [0.1, 0.15) is 5.58 Å². The van der Waals surface area contributed by atoms with Crippen LogP contribution in [0.3, 0.4) is 0 Å². The molecule has 0 fully saturated rings. The number of non-ortho nitro benzene ring substituents is 1. The summed E-state index contributed by atoms with van der Waals surface area (Å²) in [7, 11) is 0. The quantitative estimate of drug-likeness (QED) is 0.164. The number of carbonyl (C=O) groups excluding carboxylic acids is 1. The maximum absolute atomic E-state index is 12.5. The van der Waals surface area contributed by atoms with Crippen molar-refractivity contribution in [1.82, 2.24) is 20.2 Å². The molecule has 5 rings (SSSR count). The van der Waals surface area contributed by atoms with E-state index in [9.17, 15) is 14.9 Å². The highest BCUT2D eigenvalue weighted by molar-refractivity contribution is 7.99. The van der Waals surface area contributed by atoms with Crippen LogP contribution in [0.1, 0.15) is 23.0 Å². The maximum Gasteiger partial charge on any atom is 0.307 e. The van der Waals surface area contributed by atoms with Crippen molar-refractivity contribution in [1.29, 1.82) is 0 Å². The van der Waals surface area contributed by atoms with Crippen LogP contribution in [0.25, 0.3) is 22.4 Å². The molecule has 0 spiro atoms. The van der Waals surface area contributed by atoms with Crippen LogP contribution >= 0.6 is 11.8 Å². The molecule has 3 aromatic carbocycles. The number of hydrogen-bond acceptors (Lipinski definition) is 8. The Labute approximate surface area is 215 Å². The average molecular weight is 513 g/mol. The van der Waals surface area contributed by atoms with E-state index < -0.39 is 10.8 Å². The Hall–Kier alpha value is -4.77. The normalized spacial score (nSPS) is 11.3.